The highest BCUT2D eigenvalue weighted by molar-refractivity contribution is 6.31. The number of primary amides is 1. The maximum absolute atomic E-state index is 12.9. The number of carbonyl (C=O) groups excluding carboxylic acids is 2. The first-order valence-corrected chi connectivity index (χ1v) is 8.98. The minimum absolute atomic E-state index is 0.147. The monoisotopic (exact) mass is 372 g/mol. The summed E-state index contributed by atoms with van der Waals surface area (Å²) in [4.78, 5) is 26.1. The van der Waals surface area contributed by atoms with Crippen molar-refractivity contribution in [2.24, 2.45) is 11.7 Å². The third kappa shape index (κ3) is 4.17. The van der Waals surface area contributed by atoms with Crippen LogP contribution < -0.4 is 10.5 Å². The van der Waals surface area contributed by atoms with Crippen LogP contribution in [0.3, 0.4) is 0 Å². The number of ether oxygens (including phenoxy) is 1. The molecule has 0 saturated carbocycles. The summed E-state index contributed by atoms with van der Waals surface area (Å²) in [5, 5.41) is 0.622. The van der Waals surface area contributed by atoms with Crippen molar-refractivity contribution in [3.63, 3.8) is 0 Å². The number of rotatable bonds is 5. The highest BCUT2D eigenvalue weighted by Crippen LogP contribution is 2.25. The minimum atomic E-state index is -0.356. The summed E-state index contributed by atoms with van der Waals surface area (Å²) < 4.78 is 5.87. The van der Waals surface area contributed by atoms with E-state index in [0.717, 1.165) is 18.4 Å². The molecular formula is C20H21ClN2O3. The number of benzene rings is 2. The van der Waals surface area contributed by atoms with Crippen molar-refractivity contribution < 1.29 is 14.3 Å². The predicted molar refractivity (Wildman–Crippen MR) is 100 cm³/mol. The standard InChI is InChI=1S/C20H21ClN2O3/c21-17-9-3-1-6-15(17)13-26-18-10-4-2-8-16(18)20(25)23-11-5-7-14(12-23)19(22)24/h1-4,6,8-10,14H,5,7,11-13H2,(H2,22,24). The predicted octanol–water partition coefficient (Wildman–Crippen LogP) is 3.26. The van der Waals surface area contributed by atoms with Gasteiger partial charge in [-0.25, -0.2) is 0 Å². The lowest BCUT2D eigenvalue weighted by Crippen LogP contribution is -2.44. The molecule has 1 heterocycles. The molecule has 0 aliphatic carbocycles. The smallest absolute Gasteiger partial charge is 0.257 e. The van der Waals surface area contributed by atoms with Gasteiger partial charge in [0.1, 0.15) is 12.4 Å². The maximum Gasteiger partial charge on any atom is 0.257 e. The fourth-order valence-electron chi connectivity index (χ4n) is 3.10. The second-order valence-electron chi connectivity index (χ2n) is 6.37. The van der Waals surface area contributed by atoms with Gasteiger partial charge in [0.15, 0.2) is 0 Å². The SMILES string of the molecule is NC(=O)C1CCCN(C(=O)c2ccccc2OCc2ccccc2Cl)C1. The van der Waals surface area contributed by atoms with E-state index in [1.54, 1.807) is 29.2 Å². The third-order valence-electron chi connectivity index (χ3n) is 4.57. The van der Waals surface area contributed by atoms with E-state index in [0.29, 0.717) is 29.4 Å². The van der Waals surface area contributed by atoms with Gasteiger partial charge in [-0.05, 0) is 31.0 Å². The number of hydrogen-bond acceptors (Lipinski definition) is 3. The molecule has 1 atom stereocenters. The molecule has 2 amide bonds. The normalized spacial score (nSPS) is 17.0. The van der Waals surface area contributed by atoms with Crippen LogP contribution in [0.2, 0.25) is 5.02 Å². The molecule has 5 nitrogen and oxygen atoms in total. The molecule has 1 fully saturated rings. The number of nitrogens with zero attached hydrogens (tertiary/aromatic N) is 1. The highest BCUT2D eigenvalue weighted by atomic mass is 35.5. The molecule has 0 aromatic heterocycles. The number of likely N-dealkylation sites (tertiary alicyclic amines) is 1. The molecule has 0 spiro atoms. The Labute approximate surface area is 157 Å². The molecule has 6 heteroatoms. The third-order valence-corrected chi connectivity index (χ3v) is 4.94. The molecule has 2 aromatic carbocycles. The fourth-order valence-corrected chi connectivity index (χ4v) is 3.29. The van der Waals surface area contributed by atoms with Crippen LogP contribution in [-0.2, 0) is 11.4 Å². The number of piperidine rings is 1. The molecule has 0 radical (unpaired) electrons. The van der Waals surface area contributed by atoms with Gasteiger partial charge in [0.05, 0.1) is 11.5 Å². The van der Waals surface area contributed by atoms with Crippen molar-refractivity contribution >= 4 is 23.4 Å². The van der Waals surface area contributed by atoms with Crippen LogP contribution in [0.5, 0.6) is 5.75 Å². The molecule has 2 aromatic rings. The molecule has 1 unspecified atom stereocenters. The van der Waals surface area contributed by atoms with Crippen LogP contribution in [0, 0.1) is 5.92 Å². The average molecular weight is 373 g/mol. The van der Waals surface area contributed by atoms with Gasteiger partial charge in [-0.3, -0.25) is 9.59 Å². The van der Waals surface area contributed by atoms with Gasteiger partial charge in [-0.1, -0.05) is 41.9 Å². The first-order chi connectivity index (χ1) is 12.6. The van der Waals surface area contributed by atoms with Crippen molar-refractivity contribution in [1.82, 2.24) is 4.90 Å². The minimum Gasteiger partial charge on any atom is -0.488 e. The van der Waals surface area contributed by atoms with E-state index in [1.807, 2.05) is 24.3 Å². The quantitative estimate of drug-likeness (QED) is 0.875. The summed E-state index contributed by atoms with van der Waals surface area (Å²) in [6.07, 6.45) is 1.49. The van der Waals surface area contributed by atoms with E-state index >= 15 is 0 Å². The Kier molecular flexibility index (Phi) is 5.78. The van der Waals surface area contributed by atoms with Gasteiger partial charge in [0, 0.05) is 23.7 Å². The van der Waals surface area contributed by atoms with Gasteiger partial charge < -0.3 is 15.4 Å². The molecule has 3 rings (SSSR count). The summed E-state index contributed by atoms with van der Waals surface area (Å²) in [5.41, 5.74) is 6.74. The van der Waals surface area contributed by atoms with Crippen LogP contribution in [0.15, 0.2) is 48.5 Å². The molecular weight excluding hydrogens is 352 g/mol. The second kappa shape index (κ2) is 8.23. The molecule has 136 valence electrons. The van der Waals surface area contributed by atoms with Gasteiger partial charge in [-0.2, -0.15) is 0 Å². The van der Waals surface area contributed by atoms with Crippen LogP contribution in [0.1, 0.15) is 28.8 Å². The van der Waals surface area contributed by atoms with Crippen molar-refractivity contribution in [3.8, 4) is 5.75 Å². The fraction of sp³-hybridized carbons (Fsp3) is 0.300. The molecule has 26 heavy (non-hydrogen) atoms. The van der Waals surface area contributed by atoms with Crippen LogP contribution in [0.4, 0.5) is 0 Å². The zero-order valence-corrected chi connectivity index (χ0v) is 15.1. The van der Waals surface area contributed by atoms with Gasteiger partial charge in [0.2, 0.25) is 5.91 Å². The molecule has 0 bridgehead atoms. The summed E-state index contributed by atoms with van der Waals surface area (Å²) in [7, 11) is 0. The lowest BCUT2D eigenvalue weighted by molar-refractivity contribution is -0.123. The summed E-state index contributed by atoms with van der Waals surface area (Å²) >= 11 is 6.16. The lowest BCUT2D eigenvalue weighted by atomic mass is 9.97. The molecule has 2 N–H and O–H groups in total. The number of nitrogens with two attached hydrogens (primary N) is 1. The van der Waals surface area contributed by atoms with Crippen LogP contribution >= 0.6 is 11.6 Å². The number of hydrogen-bond donors (Lipinski definition) is 1. The number of carbonyl (C=O) groups is 2. The zero-order chi connectivity index (χ0) is 18.5. The highest BCUT2D eigenvalue weighted by Gasteiger charge is 2.28. The summed E-state index contributed by atoms with van der Waals surface area (Å²) in [6, 6.07) is 14.5. The van der Waals surface area contributed by atoms with Crippen molar-refractivity contribution in [2.75, 3.05) is 13.1 Å². The summed E-state index contributed by atoms with van der Waals surface area (Å²) in [5.74, 6) is -0.293. The van der Waals surface area contributed by atoms with E-state index < -0.39 is 0 Å². The Morgan fingerprint density at radius 2 is 1.88 bits per heavy atom. The van der Waals surface area contributed by atoms with Crippen molar-refractivity contribution in [2.45, 2.75) is 19.4 Å². The van der Waals surface area contributed by atoms with E-state index in [-0.39, 0.29) is 24.3 Å². The Morgan fingerprint density at radius 3 is 2.65 bits per heavy atom. The molecule has 1 aliphatic rings. The second-order valence-corrected chi connectivity index (χ2v) is 6.78. The van der Waals surface area contributed by atoms with Gasteiger partial charge >= 0.3 is 0 Å². The Bertz CT molecular complexity index is 809. The zero-order valence-electron chi connectivity index (χ0n) is 14.4. The Balaban J connectivity index is 1.75. The van der Waals surface area contributed by atoms with Crippen LogP contribution in [-0.4, -0.2) is 29.8 Å². The molecule has 1 aliphatic heterocycles. The van der Waals surface area contributed by atoms with Crippen LogP contribution in [0.25, 0.3) is 0 Å². The maximum atomic E-state index is 12.9. The van der Waals surface area contributed by atoms with E-state index in [4.69, 9.17) is 22.1 Å². The van der Waals surface area contributed by atoms with Gasteiger partial charge in [0.25, 0.3) is 5.91 Å². The Hall–Kier alpha value is -2.53. The van der Waals surface area contributed by atoms with E-state index in [1.165, 1.54) is 0 Å². The van der Waals surface area contributed by atoms with E-state index in [2.05, 4.69) is 0 Å². The van der Waals surface area contributed by atoms with E-state index in [9.17, 15) is 9.59 Å². The first-order valence-electron chi connectivity index (χ1n) is 8.60. The topological polar surface area (TPSA) is 72.6 Å². The lowest BCUT2D eigenvalue weighted by Gasteiger charge is -2.31. The first kappa shape index (κ1) is 18.3. The number of amides is 2. The Morgan fingerprint density at radius 1 is 1.15 bits per heavy atom. The van der Waals surface area contributed by atoms with Gasteiger partial charge in [-0.15, -0.1) is 0 Å². The number of halogens is 1. The largest absolute Gasteiger partial charge is 0.488 e. The van der Waals surface area contributed by atoms with Crippen molar-refractivity contribution in [1.29, 1.82) is 0 Å². The summed E-state index contributed by atoms with van der Waals surface area (Å²) in [6.45, 7) is 1.24. The van der Waals surface area contributed by atoms with Crippen molar-refractivity contribution in [3.05, 3.63) is 64.7 Å². The number of para-hydroxylation sites is 1. The molecule has 1 saturated heterocycles. The average Bonchev–Trinajstić information content (AvgIpc) is 2.67.